The minimum atomic E-state index is 0. The minimum Gasteiger partial charge on any atom is -0.507 e. The van der Waals surface area contributed by atoms with Gasteiger partial charge in [-0.25, -0.2) is 0 Å². The van der Waals surface area contributed by atoms with E-state index < -0.39 is 0 Å². The summed E-state index contributed by atoms with van der Waals surface area (Å²) in [5.74, 6) is 1.43. The maximum absolute atomic E-state index is 11.2. The fourth-order valence-corrected chi connectivity index (χ4v) is 10.5. The quantitative estimate of drug-likeness (QED) is 0.154. The van der Waals surface area contributed by atoms with Crippen molar-refractivity contribution in [2.75, 3.05) is 0 Å². The van der Waals surface area contributed by atoms with Crippen LogP contribution in [-0.2, 0) is 21.1 Å². The van der Waals surface area contributed by atoms with E-state index in [0.29, 0.717) is 11.8 Å². The topological polar surface area (TPSA) is 50.9 Å². The van der Waals surface area contributed by atoms with Crippen LogP contribution in [0.4, 0.5) is 0 Å². The van der Waals surface area contributed by atoms with Gasteiger partial charge in [-0.15, -0.1) is 24.3 Å². The smallest absolute Gasteiger partial charge is 0.124 e. The molecule has 314 valence electrons. The van der Waals surface area contributed by atoms with Gasteiger partial charge in [0.25, 0.3) is 0 Å². The third-order valence-corrected chi connectivity index (χ3v) is 13.6. The number of phenolic OH excluding ortho intramolecular Hbond substituents is 1. The molecule has 0 atom stereocenters. The summed E-state index contributed by atoms with van der Waals surface area (Å²) < 4.78 is 2.36. The normalized spacial score (nSPS) is 14.8. The molecular formula is C58H50N3OPt-. The van der Waals surface area contributed by atoms with Crippen LogP contribution in [0.1, 0.15) is 87.2 Å². The Morgan fingerprint density at radius 2 is 1.08 bits per heavy atom. The fraction of sp³-hybridized carbons (Fsp3) is 0.207. The van der Waals surface area contributed by atoms with Crippen molar-refractivity contribution in [3.05, 3.63) is 181 Å². The molecule has 2 fully saturated rings. The molecule has 2 saturated carbocycles. The molecule has 0 bridgehead atoms. The molecule has 6 aromatic carbocycles. The number of pyridine rings is 2. The monoisotopic (exact) mass is 999 g/mol. The van der Waals surface area contributed by atoms with E-state index in [0.717, 1.165) is 56.1 Å². The zero-order valence-electron chi connectivity index (χ0n) is 35.4. The maximum Gasteiger partial charge on any atom is 0.124 e. The maximum atomic E-state index is 11.2. The van der Waals surface area contributed by atoms with E-state index in [9.17, 15) is 5.11 Å². The molecule has 0 saturated heterocycles. The molecule has 3 aromatic heterocycles. The number of fused-ring (bicyclic) bond motifs is 3. The van der Waals surface area contributed by atoms with Crippen LogP contribution in [0.2, 0.25) is 0 Å². The number of para-hydroxylation sites is 3. The molecule has 2 aliphatic carbocycles. The van der Waals surface area contributed by atoms with Crippen LogP contribution in [-0.4, -0.2) is 19.6 Å². The van der Waals surface area contributed by atoms with Gasteiger partial charge >= 0.3 is 0 Å². The molecule has 0 spiro atoms. The van der Waals surface area contributed by atoms with E-state index in [1.165, 1.54) is 103 Å². The Kier molecular flexibility index (Phi) is 11.7. The Morgan fingerprint density at radius 3 is 1.83 bits per heavy atom. The molecule has 11 rings (SSSR count). The molecule has 3 heterocycles. The summed E-state index contributed by atoms with van der Waals surface area (Å²) in [5, 5.41) is 13.6. The number of nitrogens with zero attached hydrogens (tertiary/aromatic N) is 3. The van der Waals surface area contributed by atoms with Crippen molar-refractivity contribution in [1.82, 2.24) is 14.5 Å². The second-order valence-electron chi connectivity index (χ2n) is 17.5. The van der Waals surface area contributed by atoms with E-state index in [2.05, 4.69) is 144 Å². The van der Waals surface area contributed by atoms with Crippen molar-refractivity contribution in [1.29, 1.82) is 0 Å². The first-order chi connectivity index (χ1) is 30.6. The Labute approximate surface area is 385 Å². The van der Waals surface area contributed by atoms with Gasteiger partial charge in [0.15, 0.2) is 0 Å². The average molecular weight is 1000 g/mol. The van der Waals surface area contributed by atoms with E-state index in [1.54, 1.807) is 6.07 Å². The summed E-state index contributed by atoms with van der Waals surface area (Å²) in [5.41, 5.74) is 16.0. The first-order valence-corrected chi connectivity index (χ1v) is 22.7. The molecule has 63 heavy (non-hydrogen) atoms. The van der Waals surface area contributed by atoms with Crippen molar-refractivity contribution >= 4 is 21.8 Å². The van der Waals surface area contributed by atoms with Crippen LogP contribution in [0.3, 0.4) is 0 Å². The summed E-state index contributed by atoms with van der Waals surface area (Å²) >= 11 is 0. The predicted octanol–water partition coefficient (Wildman–Crippen LogP) is 15.5. The largest absolute Gasteiger partial charge is 0.507 e. The fourth-order valence-electron chi connectivity index (χ4n) is 10.5. The second kappa shape index (κ2) is 17.9. The van der Waals surface area contributed by atoms with Gasteiger partial charge < -0.3 is 9.67 Å². The van der Waals surface area contributed by atoms with Crippen LogP contribution in [0.25, 0.3) is 83.5 Å². The number of hydrogen-bond donors (Lipinski definition) is 1. The van der Waals surface area contributed by atoms with Gasteiger partial charge in [-0.1, -0.05) is 141 Å². The number of phenols is 1. The van der Waals surface area contributed by atoms with Crippen LogP contribution in [0, 0.1) is 6.07 Å². The zero-order valence-corrected chi connectivity index (χ0v) is 37.7. The number of benzene rings is 6. The van der Waals surface area contributed by atoms with E-state index in [4.69, 9.17) is 9.97 Å². The Balaban J connectivity index is 0.00000471. The van der Waals surface area contributed by atoms with Crippen LogP contribution < -0.4 is 0 Å². The summed E-state index contributed by atoms with van der Waals surface area (Å²) in [6, 6.07) is 59.7. The average Bonchev–Trinajstić information content (AvgIpc) is 3.69. The van der Waals surface area contributed by atoms with Gasteiger partial charge in [-0.05, 0) is 119 Å². The molecule has 2 aliphatic rings. The van der Waals surface area contributed by atoms with Crippen LogP contribution >= 0.6 is 0 Å². The molecule has 5 heteroatoms. The van der Waals surface area contributed by atoms with Crippen molar-refractivity contribution in [3.8, 4) is 67.5 Å². The molecule has 9 aromatic rings. The summed E-state index contributed by atoms with van der Waals surface area (Å²) in [6.45, 7) is 0. The Morgan fingerprint density at radius 1 is 0.492 bits per heavy atom. The van der Waals surface area contributed by atoms with Crippen LogP contribution in [0.5, 0.6) is 5.75 Å². The first-order valence-electron chi connectivity index (χ1n) is 22.7. The summed E-state index contributed by atoms with van der Waals surface area (Å²) in [4.78, 5) is 10.2. The van der Waals surface area contributed by atoms with Gasteiger partial charge in [0, 0.05) is 60.7 Å². The Bertz CT molecular complexity index is 3030. The van der Waals surface area contributed by atoms with Gasteiger partial charge in [0.05, 0.1) is 16.7 Å². The van der Waals surface area contributed by atoms with Gasteiger partial charge in [0.2, 0.25) is 0 Å². The van der Waals surface area contributed by atoms with E-state index >= 15 is 0 Å². The van der Waals surface area contributed by atoms with Crippen molar-refractivity contribution in [2.45, 2.75) is 76.0 Å². The van der Waals surface area contributed by atoms with Crippen molar-refractivity contribution < 1.29 is 26.2 Å². The zero-order chi connectivity index (χ0) is 41.4. The third kappa shape index (κ3) is 8.07. The van der Waals surface area contributed by atoms with Crippen molar-refractivity contribution in [2.24, 2.45) is 0 Å². The number of aromatic hydroxyl groups is 1. The van der Waals surface area contributed by atoms with Gasteiger partial charge in [0.1, 0.15) is 5.75 Å². The van der Waals surface area contributed by atoms with Gasteiger partial charge in [-0.2, -0.15) is 0 Å². The molecule has 0 amide bonds. The van der Waals surface area contributed by atoms with E-state index in [-0.39, 0.29) is 26.8 Å². The first kappa shape index (κ1) is 40.9. The molecule has 1 N–H and O–H groups in total. The number of aromatic nitrogens is 3. The van der Waals surface area contributed by atoms with Crippen LogP contribution in [0.15, 0.2) is 164 Å². The molecule has 0 aliphatic heterocycles. The SMILES string of the molecule is Oc1ccccc1-c1cc(-c2cc(C3CCCCC3)cc(C3CCCCC3)c2)cc(-c2[c-]c(-c3cc(-c4cccc5c4c4ccccc4n5-c4ccccc4)ccn3)ccc2)n1.[Pt]. The second-order valence-corrected chi connectivity index (χ2v) is 17.5. The number of rotatable bonds is 8. The van der Waals surface area contributed by atoms with E-state index in [1.807, 2.05) is 24.4 Å². The molecule has 0 unspecified atom stereocenters. The summed E-state index contributed by atoms with van der Waals surface area (Å²) in [6.07, 6.45) is 14.9. The molecule has 4 nitrogen and oxygen atoms in total. The third-order valence-electron chi connectivity index (χ3n) is 13.6. The van der Waals surface area contributed by atoms with Gasteiger partial charge in [-0.3, -0.25) is 9.97 Å². The standard InChI is InChI=1S/C58H50N3O.Pt/c62-57-29-13-11-24-50(57)54-38-47(46-34-44(39-16-4-1-5-17-39)33-45(35-46)40-18-6-2-7-19-40)37-53(60-54)43-21-14-20-42(32-43)52-36-41(30-31-59-52)49-26-15-28-56-58(49)51-25-10-12-27-55(51)61(56)48-22-8-3-9-23-48;/h3,8-15,20-31,33-40,62H,1-2,4-7,16-19H2;/q-1;. The predicted molar refractivity (Wildman–Crippen MR) is 256 cm³/mol. The Hall–Kier alpha value is -6.09. The molecular weight excluding hydrogens is 950 g/mol. The number of hydrogen-bond acceptors (Lipinski definition) is 3. The van der Waals surface area contributed by atoms with Crippen molar-refractivity contribution in [3.63, 3.8) is 0 Å². The molecule has 0 radical (unpaired) electrons. The summed E-state index contributed by atoms with van der Waals surface area (Å²) in [7, 11) is 0. The minimum absolute atomic E-state index is 0.